The van der Waals surface area contributed by atoms with E-state index in [0.717, 1.165) is 44.1 Å². The van der Waals surface area contributed by atoms with E-state index in [2.05, 4.69) is 0 Å². The second-order valence-corrected chi connectivity index (χ2v) is 5.69. The van der Waals surface area contributed by atoms with Crippen LogP contribution in [0.4, 0.5) is 13.2 Å². The fourth-order valence-corrected chi connectivity index (χ4v) is 2.81. The van der Waals surface area contributed by atoms with Gasteiger partial charge >= 0.3 is 6.18 Å². The van der Waals surface area contributed by atoms with Crippen molar-refractivity contribution in [1.29, 1.82) is 0 Å². The quantitative estimate of drug-likeness (QED) is 0.766. The highest BCUT2D eigenvalue weighted by Crippen LogP contribution is 2.34. The van der Waals surface area contributed by atoms with Crippen molar-refractivity contribution in [3.05, 3.63) is 29.8 Å². The van der Waals surface area contributed by atoms with Crippen molar-refractivity contribution in [2.45, 2.75) is 44.9 Å². The predicted molar refractivity (Wildman–Crippen MR) is 73.0 cm³/mol. The second kappa shape index (κ2) is 6.50. The van der Waals surface area contributed by atoms with Gasteiger partial charge in [0.1, 0.15) is 12.0 Å². The topological polar surface area (TPSA) is 26.3 Å². The van der Waals surface area contributed by atoms with Crippen LogP contribution in [0.1, 0.15) is 38.2 Å². The normalized spacial score (nSPS) is 24.4. The lowest BCUT2D eigenvalue weighted by atomic mass is 9.80. The van der Waals surface area contributed by atoms with Crippen molar-refractivity contribution in [3.8, 4) is 5.75 Å². The van der Waals surface area contributed by atoms with Crippen molar-refractivity contribution in [2.75, 3.05) is 0 Å². The first-order chi connectivity index (χ1) is 9.90. The lowest BCUT2D eigenvalue weighted by Crippen LogP contribution is -2.29. The molecule has 1 fully saturated rings. The Labute approximate surface area is 122 Å². The van der Waals surface area contributed by atoms with Crippen LogP contribution in [0.3, 0.4) is 0 Å². The molecule has 0 spiro atoms. The van der Waals surface area contributed by atoms with Gasteiger partial charge in [0.25, 0.3) is 0 Å². The van der Waals surface area contributed by atoms with Crippen molar-refractivity contribution in [3.63, 3.8) is 0 Å². The van der Waals surface area contributed by atoms with Crippen molar-refractivity contribution >= 4 is 6.29 Å². The zero-order valence-corrected chi connectivity index (χ0v) is 11.9. The number of ether oxygens (including phenoxy) is 1. The average Bonchev–Trinajstić information content (AvgIpc) is 2.46. The molecule has 0 N–H and O–H groups in total. The monoisotopic (exact) mass is 300 g/mol. The van der Waals surface area contributed by atoms with E-state index in [4.69, 9.17) is 4.74 Å². The maximum absolute atomic E-state index is 12.7. The highest BCUT2D eigenvalue weighted by Gasteiger charge is 2.31. The number of carbonyl (C=O) groups is 1. The van der Waals surface area contributed by atoms with Crippen LogP contribution in [0.25, 0.3) is 0 Å². The van der Waals surface area contributed by atoms with Gasteiger partial charge in [0.05, 0.1) is 11.7 Å². The van der Waals surface area contributed by atoms with Gasteiger partial charge in [-0.2, -0.15) is 13.2 Å². The number of carbonyl (C=O) groups excluding carboxylic acids is 1. The van der Waals surface area contributed by atoms with E-state index in [1.807, 2.05) is 6.92 Å². The summed E-state index contributed by atoms with van der Waals surface area (Å²) in [6, 6.07) is 4.96. The van der Waals surface area contributed by atoms with Crippen molar-refractivity contribution in [2.24, 2.45) is 11.8 Å². The molecule has 0 aromatic heterocycles. The molecule has 2 rings (SSSR count). The molecule has 0 amide bonds. The smallest absolute Gasteiger partial charge is 0.416 e. The van der Waals surface area contributed by atoms with Gasteiger partial charge in [-0.3, -0.25) is 0 Å². The average molecular weight is 300 g/mol. The highest BCUT2D eigenvalue weighted by molar-refractivity contribution is 5.53. The maximum Gasteiger partial charge on any atom is 0.416 e. The van der Waals surface area contributed by atoms with E-state index in [-0.39, 0.29) is 23.7 Å². The third-order valence-corrected chi connectivity index (χ3v) is 4.09. The van der Waals surface area contributed by atoms with Gasteiger partial charge < -0.3 is 9.53 Å². The van der Waals surface area contributed by atoms with Gasteiger partial charge in [-0.15, -0.1) is 0 Å². The van der Waals surface area contributed by atoms with Gasteiger partial charge in [0.15, 0.2) is 0 Å². The molecular weight excluding hydrogens is 281 g/mol. The van der Waals surface area contributed by atoms with Crippen LogP contribution >= 0.6 is 0 Å². The minimum atomic E-state index is -4.36. The van der Waals surface area contributed by atoms with Crippen LogP contribution in [-0.4, -0.2) is 12.4 Å². The van der Waals surface area contributed by atoms with E-state index in [0.29, 0.717) is 0 Å². The molecule has 1 aliphatic carbocycles. The number of aldehydes is 1. The molecule has 1 aliphatic rings. The zero-order valence-electron chi connectivity index (χ0n) is 11.9. The number of benzene rings is 1. The van der Waals surface area contributed by atoms with Gasteiger partial charge in [-0.25, -0.2) is 0 Å². The molecule has 1 aromatic carbocycles. The molecule has 1 unspecified atom stereocenters. The molecule has 2 nitrogen and oxygen atoms in total. The van der Waals surface area contributed by atoms with Crippen LogP contribution in [-0.2, 0) is 11.0 Å². The summed E-state index contributed by atoms with van der Waals surface area (Å²) in [5.41, 5.74) is -0.700. The van der Waals surface area contributed by atoms with Crippen LogP contribution in [0.2, 0.25) is 0 Å². The molecular formula is C16H19F3O2. The first-order valence-electron chi connectivity index (χ1n) is 7.19. The minimum absolute atomic E-state index is 0.0297. The van der Waals surface area contributed by atoms with E-state index >= 15 is 0 Å². The number of halogens is 3. The highest BCUT2D eigenvalue weighted by atomic mass is 19.4. The zero-order chi connectivity index (χ0) is 15.5. The number of hydrogen-bond acceptors (Lipinski definition) is 2. The largest absolute Gasteiger partial charge is 0.490 e. The molecule has 0 radical (unpaired) electrons. The lowest BCUT2D eigenvalue weighted by Gasteiger charge is -2.31. The van der Waals surface area contributed by atoms with Crippen molar-refractivity contribution in [1.82, 2.24) is 0 Å². The Morgan fingerprint density at radius 3 is 2.76 bits per heavy atom. The Kier molecular flexibility index (Phi) is 4.91. The summed E-state index contributed by atoms with van der Waals surface area (Å²) in [7, 11) is 0. The standard InChI is InChI=1S/C16H19F3O2/c1-11(10-20)12-4-2-6-14(8-12)21-15-7-3-5-13(9-15)16(17,18)19/h3,5,7,9-12,14H,2,4,6,8H2,1H3/t11?,12-,14+/m0/s1. The Morgan fingerprint density at radius 1 is 1.33 bits per heavy atom. The summed E-state index contributed by atoms with van der Waals surface area (Å²) >= 11 is 0. The van der Waals surface area contributed by atoms with E-state index in [1.165, 1.54) is 6.07 Å². The lowest BCUT2D eigenvalue weighted by molar-refractivity contribution is -0.137. The molecule has 3 atom stereocenters. The number of rotatable bonds is 4. The summed E-state index contributed by atoms with van der Waals surface area (Å²) in [5.74, 6) is 0.471. The van der Waals surface area contributed by atoms with E-state index in [9.17, 15) is 18.0 Å². The SMILES string of the molecule is CC(C=O)[C@H]1CCC[C@@H](Oc2cccc(C(F)(F)F)c2)C1. The Morgan fingerprint density at radius 2 is 2.10 bits per heavy atom. The van der Waals surface area contributed by atoms with E-state index < -0.39 is 11.7 Å². The summed E-state index contributed by atoms with van der Waals surface area (Å²) in [4.78, 5) is 10.9. The third kappa shape index (κ3) is 4.22. The number of alkyl halides is 3. The fourth-order valence-electron chi connectivity index (χ4n) is 2.81. The molecule has 0 bridgehead atoms. The second-order valence-electron chi connectivity index (χ2n) is 5.69. The number of hydrogen-bond donors (Lipinski definition) is 0. The van der Waals surface area contributed by atoms with Crippen LogP contribution in [0.15, 0.2) is 24.3 Å². The van der Waals surface area contributed by atoms with Gasteiger partial charge in [0.2, 0.25) is 0 Å². The van der Waals surface area contributed by atoms with E-state index in [1.54, 1.807) is 6.07 Å². The molecule has 5 heteroatoms. The molecule has 0 aliphatic heterocycles. The van der Waals surface area contributed by atoms with Gasteiger partial charge in [-0.1, -0.05) is 13.0 Å². The molecule has 116 valence electrons. The predicted octanol–water partition coefficient (Wildman–Crippen LogP) is 4.48. The van der Waals surface area contributed by atoms with Gasteiger partial charge in [0, 0.05) is 5.92 Å². The molecule has 0 saturated heterocycles. The van der Waals surface area contributed by atoms with Crippen LogP contribution < -0.4 is 4.74 Å². The minimum Gasteiger partial charge on any atom is -0.490 e. The summed E-state index contributed by atoms with van der Waals surface area (Å²) in [5, 5.41) is 0. The summed E-state index contributed by atoms with van der Waals surface area (Å²) < 4.78 is 43.7. The van der Waals surface area contributed by atoms with Gasteiger partial charge in [-0.05, 0) is 49.8 Å². The Bertz CT molecular complexity index is 485. The summed E-state index contributed by atoms with van der Waals surface area (Å²) in [6.45, 7) is 1.88. The first kappa shape index (κ1) is 15.9. The Balaban J connectivity index is 2.03. The Hall–Kier alpha value is -1.52. The fraction of sp³-hybridized carbons (Fsp3) is 0.562. The molecule has 1 saturated carbocycles. The van der Waals surface area contributed by atoms with Crippen LogP contribution in [0.5, 0.6) is 5.75 Å². The molecule has 21 heavy (non-hydrogen) atoms. The van der Waals surface area contributed by atoms with Crippen molar-refractivity contribution < 1.29 is 22.7 Å². The first-order valence-corrected chi connectivity index (χ1v) is 7.19. The molecule has 1 aromatic rings. The third-order valence-electron chi connectivity index (χ3n) is 4.09. The molecule has 0 heterocycles. The van der Waals surface area contributed by atoms with Crippen LogP contribution in [0, 0.1) is 11.8 Å². The maximum atomic E-state index is 12.7. The summed E-state index contributed by atoms with van der Waals surface area (Å²) in [6.07, 6.45) is -0.0872.